The van der Waals surface area contributed by atoms with Crippen molar-refractivity contribution in [3.05, 3.63) is 52.2 Å². The molecule has 2 N–H and O–H groups in total. The maximum atomic E-state index is 13.6. The fraction of sp³-hybridized carbons (Fsp3) is 0.214. The molecule has 0 saturated heterocycles. The van der Waals surface area contributed by atoms with Gasteiger partial charge in [0, 0.05) is 0 Å². The van der Waals surface area contributed by atoms with Crippen molar-refractivity contribution in [1.82, 2.24) is 20.3 Å². The van der Waals surface area contributed by atoms with Crippen LogP contribution in [-0.2, 0) is 16.1 Å². The molecular weight excluding hydrogens is 327 g/mol. The number of aliphatic hydroxyl groups excluding tert-OH is 1. The first-order chi connectivity index (χ1) is 11.0. The van der Waals surface area contributed by atoms with E-state index in [1.54, 1.807) is 25.3 Å². The zero-order valence-corrected chi connectivity index (χ0v) is 12.7. The van der Waals surface area contributed by atoms with Gasteiger partial charge in [-0.2, -0.15) is 0 Å². The predicted octanol–water partition coefficient (Wildman–Crippen LogP) is 1.13. The Morgan fingerprint density at radius 1 is 1.52 bits per heavy atom. The molecule has 0 spiro atoms. The Morgan fingerprint density at radius 3 is 2.96 bits per heavy atom. The molecule has 0 amide bonds. The SMILES string of the molecule is Cc1ccc(-n2cc(CNC3=C(Cl)C(=O)OC3O)nn2)cc1F. The highest BCUT2D eigenvalue weighted by molar-refractivity contribution is 6.42. The largest absolute Gasteiger partial charge is 0.425 e. The molecule has 9 heteroatoms. The molecule has 23 heavy (non-hydrogen) atoms. The van der Waals surface area contributed by atoms with Crippen LogP contribution in [0.2, 0.25) is 0 Å². The number of rotatable bonds is 4. The average molecular weight is 339 g/mol. The second-order valence-electron chi connectivity index (χ2n) is 4.93. The number of esters is 1. The third-order valence-electron chi connectivity index (χ3n) is 3.30. The number of aliphatic hydroxyl groups is 1. The van der Waals surface area contributed by atoms with Crippen molar-refractivity contribution >= 4 is 17.6 Å². The standard InChI is InChI=1S/C14H12ClFN4O3/c1-7-2-3-9(4-10(7)16)20-6-8(18-19-20)5-17-12-11(15)13(21)23-14(12)22/h2-4,6,14,17,22H,5H2,1H3. The Labute approximate surface area is 135 Å². The van der Waals surface area contributed by atoms with Crippen LogP contribution in [0.5, 0.6) is 0 Å². The number of cyclic esters (lactones) is 1. The van der Waals surface area contributed by atoms with Crippen LogP contribution in [0.4, 0.5) is 4.39 Å². The van der Waals surface area contributed by atoms with Crippen LogP contribution in [0.15, 0.2) is 35.1 Å². The second-order valence-corrected chi connectivity index (χ2v) is 5.30. The summed E-state index contributed by atoms with van der Waals surface area (Å²) in [5.41, 5.74) is 1.66. The van der Waals surface area contributed by atoms with E-state index in [2.05, 4.69) is 20.4 Å². The van der Waals surface area contributed by atoms with Crippen molar-refractivity contribution in [2.24, 2.45) is 0 Å². The molecule has 2 heterocycles. The van der Waals surface area contributed by atoms with Gasteiger partial charge in [0.1, 0.15) is 17.2 Å². The van der Waals surface area contributed by atoms with E-state index in [1.165, 1.54) is 10.7 Å². The fourth-order valence-corrected chi connectivity index (χ4v) is 2.22. The number of nitrogens with zero attached hydrogens (tertiary/aromatic N) is 3. The first-order valence-electron chi connectivity index (χ1n) is 6.66. The topological polar surface area (TPSA) is 89.3 Å². The molecule has 1 aliphatic heterocycles. The van der Waals surface area contributed by atoms with Crippen molar-refractivity contribution in [2.45, 2.75) is 19.8 Å². The number of benzene rings is 1. The molecule has 7 nitrogen and oxygen atoms in total. The number of aryl methyl sites for hydroxylation is 1. The van der Waals surface area contributed by atoms with Gasteiger partial charge >= 0.3 is 5.97 Å². The number of ether oxygens (including phenoxy) is 1. The monoisotopic (exact) mass is 338 g/mol. The van der Waals surface area contributed by atoms with E-state index in [0.29, 0.717) is 16.9 Å². The number of hydrogen-bond donors (Lipinski definition) is 2. The molecule has 1 aromatic carbocycles. The van der Waals surface area contributed by atoms with Gasteiger partial charge in [-0.3, -0.25) is 0 Å². The third-order valence-corrected chi connectivity index (χ3v) is 3.66. The molecule has 1 unspecified atom stereocenters. The summed E-state index contributed by atoms with van der Waals surface area (Å²) in [6, 6.07) is 4.72. The molecule has 1 atom stereocenters. The van der Waals surface area contributed by atoms with Crippen molar-refractivity contribution in [3.8, 4) is 5.69 Å². The van der Waals surface area contributed by atoms with Gasteiger partial charge in [-0.05, 0) is 24.6 Å². The molecule has 0 radical (unpaired) electrons. The molecule has 0 bridgehead atoms. The van der Waals surface area contributed by atoms with Gasteiger partial charge in [0.05, 0.1) is 18.4 Å². The summed E-state index contributed by atoms with van der Waals surface area (Å²) in [4.78, 5) is 11.2. The predicted molar refractivity (Wildman–Crippen MR) is 77.9 cm³/mol. The highest BCUT2D eigenvalue weighted by atomic mass is 35.5. The molecule has 2 aromatic rings. The number of halogens is 2. The average Bonchev–Trinajstić information content (AvgIpc) is 3.07. The van der Waals surface area contributed by atoms with E-state index in [4.69, 9.17) is 11.6 Å². The highest BCUT2D eigenvalue weighted by Gasteiger charge is 2.31. The number of carbonyl (C=O) groups is 1. The molecule has 3 rings (SSSR count). The van der Waals surface area contributed by atoms with E-state index >= 15 is 0 Å². The van der Waals surface area contributed by atoms with Crippen molar-refractivity contribution in [2.75, 3.05) is 0 Å². The summed E-state index contributed by atoms with van der Waals surface area (Å²) in [6.07, 6.45) is 0.173. The zero-order valence-electron chi connectivity index (χ0n) is 12.0. The lowest BCUT2D eigenvalue weighted by molar-refractivity contribution is -0.151. The normalized spacial score (nSPS) is 17.6. The van der Waals surface area contributed by atoms with Gasteiger partial charge < -0.3 is 15.2 Å². The van der Waals surface area contributed by atoms with Gasteiger partial charge in [-0.1, -0.05) is 22.9 Å². The third kappa shape index (κ3) is 3.03. The summed E-state index contributed by atoms with van der Waals surface area (Å²) in [5.74, 6) is -1.13. The summed E-state index contributed by atoms with van der Waals surface area (Å²) in [5, 5.41) is 19.9. The van der Waals surface area contributed by atoms with Crippen LogP contribution in [0.3, 0.4) is 0 Å². The lowest BCUT2D eigenvalue weighted by Gasteiger charge is -2.08. The van der Waals surface area contributed by atoms with E-state index in [9.17, 15) is 14.3 Å². The minimum atomic E-state index is -1.42. The Kier molecular flexibility index (Phi) is 4.01. The zero-order chi connectivity index (χ0) is 16.6. The molecule has 0 saturated carbocycles. The fourth-order valence-electron chi connectivity index (χ4n) is 2.01. The molecule has 0 fully saturated rings. The lowest BCUT2D eigenvalue weighted by atomic mass is 10.2. The lowest BCUT2D eigenvalue weighted by Crippen LogP contribution is -2.22. The molecule has 120 valence electrons. The van der Waals surface area contributed by atoms with Crippen LogP contribution < -0.4 is 5.32 Å². The maximum Gasteiger partial charge on any atom is 0.354 e. The summed E-state index contributed by atoms with van der Waals surface area (Å²) in [6.45, 7) is 1.83. The molecular formula is C14H12ClFN4O3. The van der Waals surface area contributed by atoms with Crippen LogP contribution in [0, 0.1) is 12.7 Å². The first kappa shape index (κ1) is 15.4. The minimum Gasteiger partial charge on any atom is -0.425 e. The molecule has 1 aromatic heterocycles. The summed E-state index contributed by atoms with van der Waals surface area (Å²) < 4.78 is 19.5. The van der Waals surface area contributed by atoms with Gasteiger partial charge in [0.2, 0.25) is 6.29 Å². The smallest absolute Gasteiger partial charge is 0.354 e. The maximum absolute atomic E-state index is 13.6. The Balaban J connectivity index is 1.73. The first-order valence-corrected chi connectivity index (χ1v) is 7.04. The number of hydrogen-bond acceptors (Lipinski definition) is 6. The van der Waals surface area contributed by atoms with Crippen LogP contribution in [0.25, 0.3) is 5.69 Å². The van der Waals surface area contributed by atoms with Crippen molar-refractivity contribution in [3.63, 3.8) is 0 Å². The second kappa shape index (κ2) is 5.98. The minimum absolute atomic E-state index is 0.0765. The van der Waals surface area contributed by atoms with Crippen LogP contribution in [-0.4, -0.2) is 32.4 Å². The van der Waals surface area contributed by atoms with Gasteiger partial charge in [-0.15, -0.1) is 5.10 Å². The van der Waals surface area contributed by atoms with Crippen LogP contribution in [0.1, 0.15) is 11.3 Å². The van der Waals surface area contributed by atoms with E-state index in [-0.39, 0.29) is 23.1 Å². The summed E-state index contributed by atoms with van der Waals surface area (Å²) >= 11 is 5.72. The van der Waals surface area contributed by atoms with E-state index < -0.39 is 12.3 Å². The Bertz CT molecular complexity index is 805. The summed E-state index contributed by atoms with van der Waals surface area (Å²) in [7, 11) is 0. The van der Waals surface area contributed by atoms with Crippen molar-refractivity contribution in [1.29, 1.82) is 0 Å². The van der Waals surface area contributed by atoms with Gasteiger partial charge in [0.25, 0.3) is 0 Å². The quantitative estimate of drug-likeness (QED) is 0.812. The van der Waals surface area contributed by atoms with E-state index in [1.807, 2.05) is 0 Å². The Morgan fingerprint density at radius 2 is 2.30 bits per heavy atom. The van der Waals surface area contributed by atoms with Crippen LogP contribution >= 0.6 is 11.6 Å². The molecule has 1 aliphatic rings. The number of aromatic nitrogens is 3. The molecule has 0 aliphatic carbocycles. The Hall–Kier alpha value is -2.45. The van der Waals surface area contributed by atoms with Gasteiger partial charge in [-0.25, -0.2) is 13.9 Å². The van der Waals surface area contributed by atoms with Gasteiger partial charge in [0.15, 0.2) is 5.03 Å². The number of nitrogens with one attached hydrogen (secondary N) is 1. The van der Waals surface area contributed by atoms with E-state index in [0.717, 1.165) is 0 Å². The van der Waals surface area contributed by atoms with Crippen molar-refractivity contribution < 1.29 is 19.0 Å². The highest BCUT2D eigenvalue weighted by Crippen LogP contribution is 2.22. The number of carbonyl (C=O) groups excluding carboxylic acids is 1.